The standard InChI is InChI=1S/C23H27N5O/c29-23(25-15-17-7-2-1-3-8-17)27-14-12-19(16-27)28-21(18-9-4-5-10-18)26-20-11-6-13-24-22(20)28/h1-3,6-8,11,13,18-19H,4-5,9-10,12,14-16H2,(H,25,29)/t19-/m1/s1. The molecular weight excluding hydrogens is 362 g/mol. The summed E-state index contributed by atoms with van der Waals surface area (Å²) in [6.45, 7) is 2.04. The van der Waals surface area contributed by atoms with E-state index in [0.29, 0.717) is 19.0 Å². The van der Waals surface area contributed by atoms with Crippen molar-refractivity contribution in [3.8, 4) is 0 Å². The fourth-order valence-electron chi connectivity index (χ4n) is 4.80. The number of pyridine rings is 1. The first kappa shape index (κ1) is 18.2. The molecule has 2 aromatic heterocycles. The van der Waals surface area contributed by atoms with E-state index in [1.54, 1.807) is 0 Å². The molecule has 6 heteroatoms. The average molecular weight is 390 g/mol. The maximum atomic E-state index is 12.7. The van der Waals surface area contributed by atoms with Gasteiger partial charge in [-0.1, -0.05) is 43.2 Å². The van der Waals surface area contributed by atoms with Crippen molar-refractivity contribution < 1.29 is 4.79 Å². The Morgan fingerprint density at radius 2 is 1.90 bits per heavy atom. The quantitative estimate of drug-likeness (QED) is 0.726. The van der Waals surface area contributed by atoms with Crippen LogP contribution in [-0.2, 0) is 6.54 Å². The molecule has 0 bridgehead atoms. The van der Waals surface area contributed by atoms with Gasteiger partial charge < -0.3 is 14.8 Å². The number of imidazole rings is 1. The highest BCUT2D eigenvalue weighted by Crippen LogP contribution is 2.37. The molecule has 1 saturated heterocycles. The maximum Gasteiger partial charge on any atom is 0.317 e. The van der Waals surface area contributed by atoms with Crippen LogP contribution in [0.5, 0.6) is 0 Å². The highest BCUT2D eigenvalue weighted by molar-refractivity contribution is 5.75. The molecule has 2 amide bonds. The molecule has 1 aromatic carbocycles. The van der Waals surface area contributed by atoms with Crippen molar-refractivity contribution in [3.05, 3.63) is 60.0 Å². The number of amides is 2. The van der Waals surface area contributed by atoms with Crippen molar-refractivity contribution in [3.63, 3.8) is 0 Å². The number of likely N-dealkylation sites (tertiary alicyclic amines) is 1. The number of fused-ring (bicyclic) bond motifs is 1. The molecule has 6 nitrogen and oxygen atoms in total. The highest BCUT2D eigenvalue weighted by atomic mass is 16.2. The van der Waals surface area contributed by atoms with E-state index in [-0.39, 0.29) is 12.1 Å². The number of carbonyl (C=O) groups excluding carboxylic acids is 1. The SMILES string of the molecule is O=C(NCc1ccccc1)N1CC[C@@H](n2c(C3CCCC3)nc3cccnc32)C1. The fraction of sp³-hybridized carbons (Fsp3) is 0.435. The Kier molecular flexibility index (Phi) is 4.92. The van der Waals surface area contributed by atoms with Gasteiger partial charge in [-0.3, -0.25) is 0 Å². The third-order valence-electron chi connectivity index (χ3n) is 6.30. The second-order valence-electron chi connectivity index (χ2n) is 8.20. The fourth-order valence-corrected chi connectivity index (χ4v) is 4.80. The minimum Gasteiger partial charge on any atom is -0.334 e. The second-order valence-corrected chi connectivity index (χ2v) is 8.20. The van der Waals surface area contributed by atoms with E-state index in [9.17, 15) is 4.79 Å². The molecule has 1 aliphatic heterocycles. The molecule has 29 heavy (non-hydrogen) atoms. The second kappa shape index (κ2) is 7.85. The molecule has 1 N–H and O–H groups in total. The predicted molar refractivity (Wildman–Crippen MR) is 113 cm³/mol. The molecule has 3 heterocycles. The van der Waals surface area contributed by atoms with Crippen LogP contribution in [-0.4, -0.2) is 38.6 Å². The molecular formula is C23H27N5O. The van der Waals surface area contributed by atoms with Gasteiger partial charge in [0.05, 0.1) is 6.04 Å². The van der Waals surface area contributed by atoms with Crippen LogP contribution >= 0.6 is 0 Å². The number of benzene rings is 1. The van der Waals surface area contributed by atoms with Crippen molar-refractivity contribution in [2.45, 2.75) is 50.6 Å². The lowest BCUT2D eigenvalue weighted by atomic mass is 10.1. The van der Waals surface area contributed by atoms with Crippen LogP contribution in [0.2, 0.25) is 0 Å². The van der Waals surface area contributed by atoms with E-state index < -0.39 is 0 Å². The van der Waals surface area contributed by atoms with Crippen LogP contribution in [0.3, 0.4) is 0 Å². The van der Waals surface area contributed by atoms with Crippen LogP contribution in [0.15, 0.2) is 48.7 Å². The van der Waals surface area contributed by atoms with Crippen LogP contribution in [0, 0.1) is 0 Å². The summed E-state index contributed by atoms with van der Waals surface area (Å²) in [6, 6.07) is 14.3. The lowest BCUT2D eigenvalue weighted by molar-refractivity contribution is 0.206. The largest absolute Gasteiger partial charge is 0.334 e. The molecule has 2 fully saturated rings. The predicted octanol–water partition coefficient (Wildman–Crippen LogP) is 4.25. The van der Waals surface area contributed by atoms with Gasteiger partial charge in [0.15, 0.2) is 5.65 Å². The molecule has 1 aliphatic carbocycles. The van der Waals surface area contributed by atoms with E-state index in [2.05, 4.69) is 20.9 Å². The summed E-state index contributed by atoms with van der Waals surface area (Å²) in [7, 11) is 0. The summed E-state index contributed by atoms with van der Waals surface area (Å²) >= 11 is 0. The number of urea groups is 1. The summed E-state index contributed by atoms with van der Waals surface area (Å²) in [4.78, 5) is 24.3. The molecule has 0 radical (unpaired) electrons. The number of carbonyl (C=O) groups is 1. The number of nitrogens with one attached hydrogen (secondary N) is 1. The van der Waals surface area contributed by atoms with Gasteiger partial charge >= 0.3 is 6.03 Å². The van der Waals surface area contributed by atoms with Crippen LogP contribution in [0.4, 0.5) is 4.79 Å². The summed E-state index contributed by atoms with van der Waals surface area (Å²) in [5, 5.41) is 3.06. The summed E-state index contributed by atoms with van der Waals surface area (Å²) in [5.41, 5.74) is 3.05. The Hall–Kier alpha value is -2.89. The monoisotopic (exact) mass is 389 g/mol. The molecule has 0 spiro atoms. The smallest absolute Gasteiger partial charge is 0.317 e. The Balaban J connectivity index is 1.33. The number of hydrogen-bond donors (Lipinski definition) is 1. The van der Waals surface area contributed by atoms with Gasteiger partial charge in [0.2, 0.25) is 0 Å². The van der Waals surface area contributed by atoms with Crippen molar-refractivity contribution in [1.29, 1.82) is 0 Å². The van der Waals surface area contributed by atoms with E-state index >= 15 is 0 Å². The van der Waals surface area contributed by atoms with E-state index in [1.807, 2.05) is 47.5 Å². The number of aromatic nitrogens is 3. The molecule has 3 aromatic rings. The number of rotatable bonds is 4. The Morgan fingerprint density at radius 3 is 2.72 bits per heavy atom. The Morgan fingerprint density at radius 1 is 1.07 bits per heavy atom. The first-order valence-electron chi connectivity index (χ1n) is 10.7. The van der Waals surface area contributed by atoms with Gasteiger partial charge in [-0.05, 0) is 37.0 Å². The van der Waals surface area contributed by atoms with Gasteiger partial charge in [0, 0.05) is 31.7 Å². The van der Waals surface area contributed by atoms with Crippen molar-refractivity contribution in [1.82, 2.24) is 24.8 Å². The first-order valence-corrected chi connectivity index (χ1v) is 10.7. The average Bonchev–Trinajstić information content (AvgIpc) is 3.51. The lowest BCUT2D eigenvalue weighted by Crippen LogP contribution is -2.38. The van der Waals surface area contributed by atoms with Gasteiger partial charge in [-0.25, -0.2) is 14.8 Å². The third-order valence-corrected chi connectivity index (χ3v) is 6.30. The summed E-state index contributed by atoms with van der Waals surface area (Å²) < 4.78 is 2.34. The molecule has 0 unspecified atom stereocenters. The number of hydrogen-bond acceptors (Lipinski definition) is 3. The molecule has 1 atom stereocenters. The zero-order valence-electron chi connectivity index (χ0n) is 16.6. The van der Waals surface area contributed by atoms with Gasteiger partial charge in [0.1, 0.15) is 11.3 Å². The van der Waals surface area contributed by atoms with E-state index in [0.717, 1.165) is 29.7 Å². The van der Waals surface area contributed by atoms with Crippen LogP contribution < -0.4 is 5.32 Å². The number of nitrogens with zero attached hydrogens (tertiary/aromatic N) is 4. The van der Waals surface area contributed by atoms with Gasteiger partial charge in [0.25, 0.3) is 0 Å². The summed E-state index contributed by atoms with van der Waals surface area (Å²) in [6.07, 6.45) is 7.76. The first-order chi connectivity index (χ1) is 14.3. The van der Waals surface area contributed by atoms with E-state index in [4.69, 9.17) is 4.98 Å². The Bertz CT molecular complexity index is 993. The molecule has 5 rings (SSSR count). The highest BCUT2D eigenvalue weighted by Gasteiger charge is 2.33. The maximum absolute atomic E-state index is 12.7. The molecule has 2 aliphatic rings. The van der Waals surface area contributed by atoms with Crippen LogP contribution in [0.25, 0.3) is 11.2 Å². The van der Waals surface area contributed by atoms with Crippen molar-refractivity contribution >= 4 is 17.2 Å². The van der Waals surface area contributed by atoms with Crippen LogP contribution in [0.1, 0.15) is 55.5 Å². The molecule has 1 saturated carbocycles. The minimum atomic E-state index is 0.0103. The summed E-state index contributed by atoms with van der Waals surface area (Å²) in [5.74, 6) is 1.69. The minimum absolute atomic E-state index is 0.0103. The third kappa shape index (κ3) is 3.59. The Labute approximate surface area is 171 Å². The van der Waals surface area contributed by atoms with Gasteiger partial charge in [-0.2, -0.15) is 0 Å². The van der Waals surface area contributed by atoms with Crippen molar-refractivity contribution in [2.24, 2.45) is 0 Å². The lowest BCUT2D eigenvalue weighted by Gasteiger charge is -2.21. The molecule has 150 valence electrons. The topological polar surface area (TPSA) is 63.1 Å². The van der Waals surface area contributed by atoms with Crippen molar-refractivity contribution in [2.75, 3.05) is 13.1 Å². The zero-order chi connectivity index (χ0) is 19.6. The zero-order valence-corrected chi connectivity index (χ0v) is 16.6. The van der Waals surface area contributed by atoms with E-state index in [1.165, 1.54) is 31.5 Å². The normalized spacial score (nSPS) is 19.9. The van der Waals surface area contributed by atoms with Gasteiger partial charge in [-0.15, -0.1) is 0 Å².